The Morgan fingerprint density at radius 2 is 1.97 bits per heavy atom. The average Bonchev–Trinajstić information content (AvgIpc) is 3.49. The van der Waals surface area contributed by atoms with Crippen LogP contribution >= 0.6 is 11.3 Å². The van der Waals surface area contributed by atoms with Crippen molar-refractivity contribution in [1.29, 1.82) is 0 Å². The molecule has 1 aromatic carbocycles. The second-order valence-electron chi connectivity index (χ2n) is 8.58. The van der Waals surface area contributed by atoms with Crippen LogP contribution in [0.5, 0.6) is 5.75 Å². The summed E-state index contributed by atoms with van der Waals surface area (Å²) in [5.74, 6) is -1.64. The van der Waals surface area contributed by atoms with Crippen LogP contribution < -0.4 is 21.7 Å². The first-order valence-corrected chi connectivity index (χ1v) is 11.4. The van der Waals surface area contributed by atoms with Crippen molar-refractivity contribution in [3.63, 3.8) is 0 Å². The van der Waals surface area contributed by atoms with E-state index in [1.165, 1.54) is 23.0 Å². The minimum Gasteiger partial charge on any atom is -0.494 e. The predicted molar refractivity (Wildman–Crippen MR) is 117 cm³/mol. The molecular formula is C22H21F4N3O3S. The molecular weight excluding hydrogens is 462 g/mol. The van der Waals surface area contributed by atoms with Crippen LogP contribution in [-0.2, 0) is 6.42 Å². The van der Waals surface area contributed by atoms with Gasteiger partial charge in [-0.05, 0) is 49.8 Å². The minimum absolute atomic E-state index is 0.0158. The van der Waals surface area contributed by atoms with E-state index in [1.54, 1.807) is 6.07 Å². The average molecular weight is 483 g/mol. The molecule has 33 heavy (non-hydrogen) atoms. The number of aromatic nitrogens is 2. The molecule has 1 saturated carbocycles. The van der Waals surface area contributed by atoms with Gasteiger partial charge in [0.1, 0.15) is 17.4 Å². The van der Waals surface area contributed by atoms with Crippen LogP contribution in [-0.4, -0.2) is 28.9 Å². The van der Waals surface area contributed by atoms with Crippen LogP contribution in [0.15, 0.2) is 21.7 Å². The van der Waals surface area contributed by atoms with Crippen LogP contribution in [0, 0.1) is 5.82 Å². The molecule has 0 spiro atoms. The molecule has 0 saturated heterocycles. The Morgan fingerprint density at radius 3 is 2.61 bits per heavy atom. The maximum Gasteiger partial charge on any atom is 0.404 e. The summed E-state index contributed by atoms with van der Waals surface area (Å²) < 4.78 is 62.4. The fraction of sp³-hybridized carbons (Fsp3) is 0.455. The van der Waals surface area contributed by atoms with Gasteiger partial charge in [0.05, 0.1) is 18.1 Å². The Morgan fingerprint density at radius 1 is 1.24 bits per heavy atom. The van der Waals surface area contributed by atoms with Gasteiger partial charge in [-0.2, -0.15) is 13.2 Å². The van der Waals surface area contributed by atoms with E-state index in [1.807, 2.05) is 0 Å². The smallest absolute Gasteiger partial charge is 0.404 e. The number of H-pyrrole nitrogens is 1. The Labute approximate surface area is 189 Å². The normalized spacial score (nSPS) is 19.5. The van der Waals surface area contributed by atoms with Crippen molar-refractivity contribution in [2.24, 2.45) is 5.73 Å². The number of hydrogen-bond donors (Lipinski definition) is 2. The van der Waals surface area contributed by atoms with Crippen LogP contribution in [0.3, 0.4) is 0 Å². The minimum atomic E-state index is -4.55. The maximum atomic E-state index is 15.4. The predicted octanol–water partition coefficient (Wildman–Crippen LogP) is 4.21. The molecule has 0 aliphatic heterocycles. The van der Waals surface area contributed by atoms with Gasteiger partial charge < -0.3 is 10.5 Å². The highest BCUT2D eigenvalue weighted by atomic mass is 32.1. The molecule has 2 aromatic heterocycles. The van der Waals surface area contributed by atoms with Crippen molar-refractivity contribution in [2.45, 2.75) is 56.3 Å². The number of alkyl halides is 3. The first-order valence-electron chi connectivity index (χ1n) is 10.6. The first-order chi connectivity index (χ1) is 15.6. The number of thiophene rings is 1. The van der Waals surface area contributed by atoms with Crippen LogP contribution in [0.2, 0.25) is 0 Å². The molecule has 0 amide bonds. The lowest BCUT2D eigenvalue weighted by molar-refractivity contribution is -0.153. The van der Waals surface area contributed by atoms with Crippen molar-refractivity contribution >= 4 is 22.2 Å². The number of nitrogens with one attached hydrogen (secondary N) is 1. The monoisotopic (exact) mass is 483 g/mol. The van der Waals surface area contributed by atoms with Gasteiger partial charge in [0.2, 0.25) is 0 Å². The molecule has 3 aromatic rings. The highest BCUT2D eigenvalue weighted by molar-refractivity contribution is 7.15. The molecule has 3 N–H and O–H groups in total. The lowest BCUT2D eigenvalue weighted by Gasteiger charge is -2.29. The van der Waals surface area contributed by atoms with Gasteiger partial charge in [0, 0.05) is 21.7 Å². The molecule has 6 nitrogen and oxygen atoms in total. The highest BCUT2D eigenvalue weighted by Crippen LogP contribution is 2.48. The number of benzene rings is 1. The van der Waals surface area contributed by atoms with Crippen molar-refractivity contribution < 1.29 is 22.3 Å². The van der Waals surface area contributed by atoms with E-state index in [2.05, 4.69) is 4.98 Å². The van der Waals surface area contributed by atoms with Gasteiger partial charge in [0.15, 0.2) is 5.75 Å². The van der Waals surface area contributed by atoms with Gasteiger partial charge in [-0.3, -0.25) is 14.3 Å². The molecule has 2 heterocycles. The van der Waals surface area contributed by atoms with E-state index in [0.29, 0.717) is 23.3 Å². The molecule has 2 aliphatic rings. The topological polar surface area (TPSA) is 90.1 Å². The Kier molecular flexibility index (Phi) is 5.16. The third kappa shape index (κ3) is 3.57. The summed E-state index contributed by atoms with van der Waals surface area (Å²) in [5.41, 5.74) is 4.91. The van der Waals surface area contributed by atoms with Crippen LogP contribution in [0.1, 0.15) is 48.1 Å². The number of methoxy groups -OCH3 is 1. The van der Waals surface area contributed by atoms with Gasteiger partial charge in [0.25, 0.3) is 5.56 Å². The number of ether oxygens (including phenoxy) is 1. The standard InChI is InChI=1S/C22H21F4N3O3S/c1-32-18-16(13(23)7-12-17(18)29(9-5-6-9)21(31)28-20(12)30)15-8-11-10(19(27)22(24,25)26)3-2-4-14(11)33-15/h7-10,19H,2-6,27H2,1H3,(H,28,30,31). The van der Waals surface area contributed by atoms with E-state index in [-0.39, 0.29) is 34.7 Å². The van der Waals surface area contributed by atoms with Crippen molar-refractivity contribution in [2.75, 3.05) is 7.11 Å². The van der Waals surface area contributed by atoms with Crippen LogP contribution in [0.4, 0.5) is 17.6 Å². The number of nitrogens with zero attached hydrogens (tertiary/aromatic N) is 1. The van der Waals surface area contributed by atoms with Crippen LogP contribution in [0.25, 0.3) is 21.3 Å². The molecule has 176 valence electrons. The van der Waals surface area contributed by atoms with E-state index in [0.717, 1.165) is 23.8 Å². The molecule has 0 bridgehead atoms. The summed E-state index contributed by atoms with van der Waals surface area (Å²) in [5, 5.41) is -0.0158. The van der Waals surface area contributed by atoms with Gasteiger partial charge in [-0.15, -0.1) is 11.3 Å². The summed E-state index contributed by atoms with van der Waals surface area (Å²) in [6.45, 7) is 0. The zero-order chi connectivity index (χ0) is 23.7. The van der Waals surface area contributed by atoms with Crippen molar-refractivity contribution in [1.82, 2.24) is 9.55 Å². The first kappa shape index (κ1) is 22.1. The van der Waals surface area contributed by atoms with E-state index in [9.17, 15) is 22.8 Å². The number of hydrogen-bond acceptors (Lipinski definition) is 5. The summed E-state index contributed by atoms with van der Waals surface area (Å²) >= 11 is 1.19. The lowest BCUT2D eigenvalue weighted by Crippen LogP contribution is -2.43. The number of aromatic amines is 1. The third-order valence-corrected chi connectivity index (χ3v) is 7.69. The molecule has 2 aliphatic carbocycles. The molecule has 5 rings (SSSR count). The lowest BCUT2D eigenvalue weighted by atomic mass is 9.82. The zero-order valence-electron chi connectivity index (χ0n) is 17.6. The molecule has 1 fully saturated rings. The highest BCUT2D eigenvalue weighted by Gasteiger charge is 2.44. The third-order valence-electron chi connectivity index (χ3n) is 6.47. The summed E-state index contributed by atoms with van der Waals surface area (Å²) in [6, 6.07) is 0.465. The Bertz CT molecular complexity index is 1370. The van der Waals surface area contributed by atoms with E-state index < -0.39 is 35.2 Å². The van der Waals surface area contributed by atoms with Crippen molar-refractivity contribution in [3.05, 3.63) is 49.2 Å². The van der Waals surface area contributed by atoms with Gasteiger partial charge in [-0.25, -0.2) is 9.18 Å². The maximum absolute atomic E-state index is 15.4. The summed E-state index contributed by atoms with van der Waals surface area (Å²) in [7, 11) is 1.32. The zero-order valence-corrected chi connectivity index (χ0v) is 18.4. The second kappa shape index (κ2) is 7.69. The number of rotatable bonds is 4. The Hall–Kier alpha value is -2.66. The fourth-order valence-corrected chi connectivity index (χ4v) is 6.10. The number of aryl methyl sites for hydroxylation is 1. The van der Waals surface area contributed by atoms with Gasteiger partial charge >= 0.3 is 11.9 Å². The van der Waals surface area contributed by atoms with E-state index in [4.69, 9.17) is 10.5 Å². The summed E-state index contributed by atoms with van der Waals surface area (Å²) in [6.07, 6.45) is -1.66. The van der Waals surface area contributed by atoms with E-state index >= 15 is 4.39 Å². The molecule has 0 radical (unpaired) electrons. The largest absolute Gasteiger partial charge is 0.494 e. The Balaban J connectivity index is 1.75. The number of nitrogens with two attached hydrogens (primary N) is 1. The SMILES string of the molecule is COc1c(-c2cc3c(s2)CCCC3C(N)C(F)(F)F)c(F)cc2c(=O)[nH]c(=O)n(C3CC3)c12. The van der Waals surface area contributed by atoms with Gasteiger partial charge in [-0.1, -0.05) is 0 Å². The quantitative estimate of drug-likeness (QED) is 0.544. The second-order valence-corrected chi connectivity index (χ2v) is 9.72. The number of fused-ring (bicyclic) bond motifs is 2. The molecule has 11 heteroatoms. The number of halogens is 4. The fourth-order valence-electron chi connectivity index (χ4n) is 4.78. The molecule has 2 atom stereocenters. The molecule has 2 unspecified atom stereocenters. The summed E-state index contributed by atoms with van der Waals surface area (Å²) in [4.78, 5) is 28.3. The van der Waals surface area contributed by atoms with Crippen molar-refractivity contribution in [3.8, 4) is 16.2 Å².